The summed E-state index contributed by atoms with van der Waals surface area (Å²) >= 11 is 1.62. The van der Waals surface area contributed by atoms with Crippen molar-refractivity contribution in [3.8, 4) is 5.13 Å². The first-order valence-corrected chi connectivity index (χ1v) is 7.27. The molecular weight excluding hydrogens is 244 g/mol. The summed E-state index contributed by atoms with van der Waals surface area (Å²) in [6.07, 6.45) is 4.03. The smallest absolute Gasteiger partial charge is 0.210 e. The third kappa shape index (κ3) is 2.79. The molecule has 0 aliphatic heterocycles. The minimum atomic E-state index is 0.948. The maximum Gasteiger partial charge on any atom is 0.210 e. The molecule has 2 rings (SSSR count). The lowest BCUT2D eigenvalue weighted by Crippen LogP contribution is -2.18. The summed E-state index contributed by atoms with van der Waals surface area (Å²) < 4.78 is 1.95. The summed E-state index contributed by atoms with van der Waals surface area (Å²) in [5, 5.41) is 10.9. The molecule has 18 heavy (non-hydrogen) atoms. The van der Waals surface area contributed by atoms with Crippen LogP contribution in [0.15, 0.2) is 11.6 Å². The molecule has 0 radical (unpaired) electrons. The highest BCUT2D eigenvalue weighted by Crippen LogP contribution is 2.19. The molecule has 0 aliphatic carbocycles. The molecule has 0 saturated carbocycles. The van der Waals surface area contributed by atoms with Crippen LogP contribution in [0.1, 0.15) is 30.3 Å². The molecule has 0 spiro atoms. The van der Waals surface area contributed by atoms with E-state index in [1.807, 2.05) is 16.3 Å². The van der Waals surface area contributed by atoms with Crippen molar-refractivity contribution in [2.24, 2.45) is 0 Å². The van der Waals surface area contributed by atoms with Crippen LogP contribution in [0.25, 0.3) is 5.13 Å². The van der Waals surface area contributed by atoms with E-state index in [2.05, 4.69) is 36.2 Å². The zero-order chi connectivity index (χ0) is 13.0. The Labute approximate surface area is 112 Å². The van der Waals surface area contributed by atoms with Crippen molar-refractivity contribution < 1.29 is 0 Å². The molecule has 0 bridgehead atoms. The molecule has 1 N–H and O–H groups in total. The zero-order valence-electron chi connectivity index (χ0n) is 11.2. The molecule has 5 heteroatoms. The van der Waals surface area contributed by atoms with Crippen molar-refractivity contribution in [2.75, 3.05) is 13.1 Å². The molecule has 0 aliphatic rings. The molecule has 4 nitrogen and oxygen atoms in total. The summed E-state index contributed by atoms with van der Waals surface area (Å²) in [5.74, 6) is 0. The topological polar surface area (TPSA) is 42.7 Å². The van der Waals surface area contributed by atoms with E-state index in [1.54, 1.807) is 11.3 Å². The summed E-state index contributed by atoms with van der Waals surface area (Å²) in [6, 6.07) is 0. The van der Waals surface area contributed by atoms with Crippen LogP contribution in [0.5, 0.6) is 0 Å². The van der Waals surface area contributed by atoms with E-state index in [-0.39, 0.29) is 0 Å². The third-order valence-corrected chi connectivity index (χ3v) is 3.77. The minimum Gasteiger partial charge on any atom is -0.316 e. The van der Waals surface area contributed by atoms with Crippen LogP contribution < -0.4 is 5.32 Å². The monoisotopic (exact) mass is 264 g/mol. The van der Waals surface area contributed by atoms with Gasteiger partial charge in [-0.15, -0.1) is 11.3 Å². The van der Waals surface area contributed by atoms with E-state index >= 15 is 0 Å². The second kappa shape index (κ2) is 6.11. The number of nitrogens with zero attached hydrogens (tertiary/aromatic N) is 3. The van der Waals surface area contributed by atoms with Crippen molar-refractivity contribution >= 4 is 11.3 Å². The van der Waals surface area contributed by atoms with Gasteiger partial charge in [0.1, 0.15) is 0 Å². The van der Waals surface area contributed by atoms with Gasteiger partial charge < -0.3 is 5.32 Å². The lowest BCUT2D eigenvalue weighted by molar-refractivity contribution is 0.669. The molecule has 0 fully saturated rings. The summed E-state index contributed by atoms with van der Waals surface area (Å²) in [7, 11) is 0. The fraction of sp³-hybridized carbons (Fsp3) is 0.538. The highest BCUT2D eigenvalue weighted by molar-refractivity contribution is 7.12. The normalized spacial score (nSPS) is 11.1. The summed E-state index contributed by atoms with van der Waals surface area (Å²) in [5.41, 5.74) is 3.66. The fourth-order valence-corrected chi connectivity index (χ4v) is 2.70. The van der Waals surface area contributed by atoms with Gasteiger partial charge in [-0.3, -0.25) is 0 Å². The van der Waals surface area contributed by atoms with Gasteiger partial charge in [0.05, 0.1) is 5.69 Å². The predicted molar refractivity (Wildman–Crippen MR) is 75.6 cm³/mol. The van der Waals surface area contributed by atoms with Crippen molar-refractivity contribution in [1.29, 1.82) is 0 Å². The average molecular weight is 264 g/mol. The first kappa shape index (κ1) is 13.2. The number of hydrogen-bond acceptors (Lipinski definition) is 4. The van der Waals surface area contributed by atoms with Gasteiger partial charge in [-0.25, -0.2) is 9.67 Å². The van der Waals surface area contributed by atoms with Crippen LogP contribution in [0.4, 0.5) is 0 Å². The van der Waals surface area contributed by atoms with E-state index < -0.39 is 0 Å². The van der Waals surface area contributed by atoms with E-state index in [1.165, 1.54) is 17.7 Å². The molecule has 2 aromatic rings. The maximum absolute atomic E-state index is 4.59. The Bertz CT molecular complexity index is 487. The van der Waals surface area contributed by atoms with Crippen molar-refractivity contribution in [1.82, 2.24) is 20.1 Å². The van der Waals surface area contributed by atoms with Gasteiger partial charge in [0, 0.05) is 17.3 Å². The Kier molecular flexibility index (Phi) is 4.49. The molecule has 98 valence electrons. The zero-order valence-corrected chi connectivity index (χ0v) is 12.0. The molecule has 0 amide bonds. The Morgan fingerprint density at radius 3 is 2.83 bits per heavy atom. The SMILES string of the molecule is CCCNCCc1c(C)nn(-c2nccs2)c1C. The Morgan fingerprint density at radius 1 is 1.33 bits per heavy atom. The van der Waals surface area contributed by atoms with Crippen LogP contribution >= 0.6 is 11.3 Å². The predicted octanol–water partition coefficient (Wildman–Crippen LogP) is 2.49. The number of hydrogen-bond donors (Lipinski definition) is 1. The summed E-state index contributed by atoms with van der Waals surface area (Å²) in [6.45, 7) is 8.48. The van der Waals surface area contributed by atoms with Gasteiger partial charge in [0.15, 0.2) is 0 Å². The number of thiazole rings is 1. The molecule has 0 aromatic carbocycles. The number of rotatable bonds is 6. The largest absolute Gasteiger partial charge is 0.316 e. The molecule has 0 atom stereocenters. The molecule has 0 unspecified atom stereocenters. The van der Waals surface area contributed by atoms with Crippen molar-refractivity contribution in [3.63, 3.8) is 0 Å². The third-order valence-electron chi connectivity index (χ3n) is 3.02. The van der Waals surface area contributed by atoms with Crippen LogP contribution in [0, 0.1) is 13.8 Å². The van der Waals surface area contributed by atoms with Crippen LogP contribution in [-0.4, -0.2) is 27.9 Å². The van der Waals surface area contributed by atoms with Crippen LogP contribution in [0.3, 0.4) is 0 Å². The molecule has 2 aromatic heterocycles. The Hall–Kier alpha value is -1.20. The van der Waals surface area contributed by atoms with Gasteiger partial charge in [0.25, 0.3) is 0 Å². The summed E-state index contributed by atoms with van der Waals surface area (Å²) in [4.78, 5) is 4.31. The van der Waals surface area contributed by atoms with Crippen LogP contribution in [0.2, 0.25) is 0 Å². The van der Waals surface area contributed by atoms with Crippen molar-refractivity contribution in [2.45, 2.75) is 33.6 Å². The first-order valence-electron chi connectivity index (χ1n) is 6.39. The first-order chi connectivity index (χ1) is 8.74. The van der Waals surface area contributed by atoms with Gasteiger partial charge >= 0.3 is 0 Å². The Morgan fingerprint density at radius 2 is 2.17 bits per heavy atom. The fourth-order valence-electron chi connectivity index (χ4n) is 2.06. The lowest BCUT2D eigenvalue weighted by Gasteiger charge is -2.04. The maximum atomic E-state index is 4.59. The second-order valence-electron chi connectivity index (χ2n) is 4.38. The van der Waals surface area contributed by atoms with E-state index in [9.17, 15) is 0 Å². The highest BCUT2D eigenvalue weighted by atomic mass is 32.1. The van der Waals surface area contributed by atoms with Gasteiger partial charge in [-0.1, -0.05) is 6.92 Å². The van der Waals surface area contributed by atoms with Gasteiger partial charge in [-0.05, 0) is 45.3 Å². The van der Waals surface area contributed by atoms with E-state index in [0.29, 0.717) is 0 Å². The molecule has 0 saturated heterocycles. The molecular formula is C13H20N4S. The quantitative estimate of drug-likeness (QED) is 0.815. The van der Waals surface area contributed by atoms with Crippen LogP contribution in [-0.2, 0) is 6.42 Å². The number of aryl methyl sites for hydroxylation is 1. The Balaban J connectivity index is 2.12. The standard InChI is InChI=1S/C13H20N4S/c1-4-6-14-7-5-12-10(2)16-17(11(12)3)13-15-8-9-18-13/h8-9,14H,4-7H2,1-3H3. The molecule has 2 heterocycles. The average Bonchev–Trinajstić information content (AvgIpc) is 2.96. The number of aromatic nitrogens is 3. The minimum absolute atomic E-state index is 0.948. The van der Waals surface area contributed by atoms with Crippen molar-refractivity contribution in [3.05, 3.63) is 28.5 Å². The van der Waals surface area contributed by atoms with E-state index in [0.717, 1.165) is 30.3 Å². The second-order valence-corrected chi connectivity index (χ2v) is 5.25. The lowest BCUT2D eigenvalue weighted by atomic mass is 10.1. The number of nitrogens with one attached hydrogen (secondary N) is 1. The van der Waals surface area contributed by atoms with Gasteiger partial charge in [0.2, 0.25) is 5.13 Å². The highest BCUT2D eigenvalue weighted by Gasteiger charge is 2.13. The van der Waals surface area contributed by atoms with Gasteiger partial charge in [-0.2, -0.15) is 5.10 Å². The van der Waals surface area contributed by atoms with E-state index in [4.69, 9.17) is 0 Å².